The van der Waals surface area contributed by atoms with Gasteiger partial charge in [0.25, 0.3) is 0 Å². The predicted molar refractivity (Wildman–Crippen MR) is 33.0 cm³/mol. The quantitative estimate of drug-likeness (QED) is 0.320. The van der Waals surface area contributed by atoms with Crippen LogP contribution in [0.3, 0.4) is 0 Å². The van der Waals surface area contributed by atoms with E-state index in [0.29, 0.717) is 0 Å². The summed E-state index contributed by atoms with van der Waals surface area (Å²) in [6.45, 7) is 0. The molecule has 8 heavy (non-hydrogen) atoms. The average Bonchev–Trinajstić information content (AvgIpc) is 1.60. The van der Waals surface area contributed by atoms with Crippen molar-refractivity contribution in [3.8, 4) is 0 Å². The molecule has 0 aromatic rings. The van der Waals surface area contributed by atoms with E-state index in [9.17, 15) is 0 Å². The van der Waals surface area contributed by atoms with Crippen molar-refractivity contribution in [2.24, 2.45) is 0 Å². The van der Waals surface area contributed by atoms with Gasteiger partial charge >= 0.3 is 0 Å². The van der Waals surface area contributed by atoms with Crippen molar-refractivity contribution in [2.75, 3.05) is 0 Å². The lowest BCUT2D eigenvalue weighted by atomic mass is 9.31. The predicted octanol–water partition coefficient (Wildman–Crippen LogP) is 1.54. The summed E-state index contributed by atoms with van der Waals surface area (Å²) < 4.78 is 0. The minimum Gasteiger partial charge on any atom is -0.123 e. The fourth-order valence-corrected chi connectivity index (χ4v) is 1.87. The zero-order valence-corrected chi connectivity index (χ0v) is 4.65. The largest absolute Gasteiger partial charge is 0.130 e. The molecule has 6 rings (SSSR count). The lowest BCUT2D eigenvalue weighted by Crippen LogP contribution is -2.36. The summed E-state index contributed by atoms with van der Waals surface area (Å²) in [6, 6.07) is 0. The Balaban J connectivity index is 2.28. The molecule has 0 amide bonds. The van der Waals surface area contributed by atoms with Crippen LogP contribution in [0.5, 0.6) is 0 Å². The lowest BCUT2D eigenvalue weighted by Gasteiger charge is -2.47. The first kappa shape index (κ1) is 3.58. The van der Waals surface area contributed by atoms with Crippen molar-refractivity contribution in [1.82, 2.24) is 0 Å². The second-order valence-corrected chi connectivity index (χ2v) is 2.99. The maximum Gasteiger partial charge on any atom is 0.130 e. The molecule has 0 spiro atoms. The molecule has 6 aliphatic rings. The summed E-state index contributed by atoms with van der Waals surface area (Å²) in [6.07, 6.45) is 2.74. The van der Waals surface area contributed by atoms with Crippen LogP contribution >= 0.6 is 0 Å². The van der Waals surface area contributed by atoms with Crippen molar-refractivity contribution < 1.29 is 0 Å². The lowest BCUT2D eigenvalue weighted by molar-refractivity contribution is 0.599. The number of rotatable bonds is 0. The summed E-state index contributed by atoms with van der Waals surface area (Å²) in [4.78, 5) is 0. The topological polar surface area (TPSA) is 0 Å². The van der Waals surface area contributed by atoms with E-state index in [1.807, 2.05) is 0 Å². The normalized spacial score (nSPS) is 45.0. The van der Waals surface area contributed by atoms with Crippen LogP contribution in [-0.4, -0.2) is 7.28 Å². The molecule has 0 nitrogen and oxygen atoms in total. The molecule has 1 saturated carbocycles. The molecule has 3 heterocycles. The fourth-order valence-electron chi connectivity index (χ4n) is 1.87. The zero-order valence-electron chi connectivity index (χ0n) is 4.65. The zero-order chi connectivity index (χ0) is 5.14. The molecule has 37 valence electrons. The van der Waals surface area contributed by atoms with Crippen molar-refractivity contribution in [3.05, 3.63) is 16.9 Å². The highest BCUT2D eigenvalue weighted by molar-refractivity contribution is 6.47. The third-order valence-corrected chi connectivity index (χ3v) is 2.57. The van der Waals surface area contributed by atoms with E-state index >= 15 is 0 Å². The fraction of sp³-hybridized carbons (Fsp3) is 0.571. The summed E-state index contributed by atoms with van der Waals surface area (Å²) in [7, 11) is 2.46. The summed E-state index contributed by atoms with van der Waals surface area (Å²) in [5.41, 5.74) is 6.55. The SMILES string of the molecule is [B]1C2CC1C1=C=C2C1. The van der Waals surface area contributed by atoms with Gasteiger partial charge in [0.05, 0.1) is 0 Å². The average molecular weight is 101 g/mol. The highest BCUT2D eigenvalue weighted by Gasteiger charge is 2.44. The van der Waals surface area contributed by atoms with Crippen LogP contribution in [0, 0.1) is 0 Å². The van der Waals surface area contributed by atoms with Crippen LogP contribution in [0.4, 0.5) is 0 Å². The van der Waals surface area contributed by atoms with E-state index in [0.717, 1.165) is 11.6 Å². The van der Waals surface area contributed by atoms with Gasteiger partial charge in [0.15, 0.2) is 0 Å². The monoisotopic (exact) mass is 101 g/mol. The Hall–Kier alpha value is -0.415. The molecule has 0 N–H and O–H groups in total. The molecule has 2 unspecified atom stereocenters. The van der Waals surface area contributed by atoms with Crippen molar-refractivity contribution >= 4 is 7.28 Å². The first-order valence-electron chi connectivity index (χ1n) is 3.27. The first-order chi connectivity index (χ1) is 3.93. The van der Waals surface area contributed by atoms with E-state index in [1.165, 1.54) is 12.8 Å². The molecule has 0 aromatic carbocycles. The summed E-state index contributed by atoms with van der Waals surface area (Å²) >= 11 is 0. The van der Waals surface area contributed by atoms with Crippen LogP contribution in [-0.2, 0) is 0 Å². The van der Waals surface area contributed by atoms with E-state index in [4.69, 9.17) is 0 Å². The van der Waals surface area contributed by atoms with Crippen molar-refractivity contribution in [1.29, 1.82) is 0 Å². The molecule has 3 aliphatic carbocycles. The molecule has 0 aromatic heterocycles. The van der Waals surface area contributed by atoms with Gasteiger partial charge in [-0.3, -0.25) is 0 Å². The van der Waals surface area contributed by atoms with Crippen LogP contribution in [0.2, 0.25) is 11.6 Å². The third-order valence-electron chi connectivity index (χ3n) is 2.57. The second kappa shape index (κ2) is 0.846. The maximum atomic E-state index is 3.38. The van der Waals surface area contributed by atoms with Crippen LogP contribution in [0.15, 0.2) is 16.9 Å². The molecular formula is C7H6B. The maximum absolute atomic E-state index is 3.38. The Kier molecular flexibility index (Phi) is 0.378. The van der Waals surface area contributed by atoms with Crippen LogP contribution in [0.1, 0.15) is 12.8 Å². The van der Waals surface area contributed by atoms with E-state index in [-0.39, 0.29) is 0 Å². The summed E-state index contributed by atoms with van der Waals surface area (Å²) in [5, 5.41) is 0. The van der Waals surface area contributed by atoms with Crippen molar-refractivity contribution in [3.63, 3.8) is 0 Å². The Morgan fingerprint density at radius 1 is 1.38 bits per heavy atom. The molecule has 1 radical (unpaired) electrons. The van der Waals surface area contributed by atoms with E-state index < -0.39 is 0 Å². The second-order valence-electron chi connectivity index (χ2n) is 2.99. The van der Waals surface area contributed by atoms with Gasteiger partial charge in [-0.05, 0) is 22.8 Å². The number of allylic oxidation sites excluding steroid dienone is 1. The highest BCUT2D eigenvalue weighted by atomic mass is 14.4. The van der Waals surface area contributed by atoms with E-state index in [2.05, 4.69) is 13.0 Å². The number of hydrogen-bond donors (Lipinski definition) is 0. The van der Waals surface area contributed by atoms with Gasteiger partial charge in [-0.2, -0.15) is 0 Å². The minimum absolute atomic E-state index is 0.873. The third kappa shape index (κ3) is 0.211. The Morgan fingerprint density at radius 2 is 1.88 bits per heavy atom. The Labute approximate surface area is 49.5 Å². The van der Waals surface area contributed by atoms with Gasteiger partial charge in [0.2, 0.25) is 0 Å². The van der Waals surface area contributed by atoms with Crippen molar-refractivity contribution in [2.45, 2.75) is 24.5 Å². The molecular weight excluding hydrogens is 94.9 g/mol. The van der Waals surface area contributed by atoms with Crippen LogP contribution < -0.4 is 0 Å². The van der Waals surface area contributed by atoms with Gasteiger partial charge in [-0.15, -0.1) is 5.73 Å². The summed E-state index contributed by atoms with van der Waals surface area (Å²) in [5.74, 6) is 1.75. The van der Waals surface area contributed by atoms with Crippen LogP contribution in [0.25, 0.3) is 0 Å². The van der Waals surface area contributed by atoms with Gasteiger partial charge in [-0.25, -0.2) is 0 Å². The molecule has 2 saturated heterocycles. The Morgan fingerprint density at radius 3 is 2.00 bits per heavy atom. The van der Waals surface area contributed by atoms with Gasteiger partial charge in [0.1, 0.15) is 7.28 Å². The molecule has 4 bridgehead atoms. The minimum atomic E-state index is 0.873. The highest BCUT2D eigenvalue weighted by Crippen LogP contribution is 2.57. The standard InChI is InChI=1S/C7H6B/c1-4-2-5(1)7-3-6(4)8-7/h6-7H,1,3H2. The van der Waals surface area contributed by atoms with Gasteiger partial charge in [0, 0.05) is 6.42 Å². The number of hydrogen-bond acceptors (Lipinski definition) is 0. The molecule has 1 heteroatoms. The molecule has 3 aliphatic heterocycles. The Bertz CT molecular complexity index is 197. The first-order valence-corrected chi connectivity index (χ1v) is 3.27. The van der Waals surface area contributed by atoms with Gasteiger partial charge in [-0.1, -0.05) is 6.42 Å². The van der Waals surface area contributed by atoms with Gasteiger partial charge < -0.3 is 0 Å². The molecule has 2 atom stereocenters. The smallest absolute Gasteiger partial charge is 0.123 e. The van der Waals surface area contributed by atoms with E-state index in [1.54, 1.807) is 11.1 Å². The molecule has 3 fully saturated rings.